The minimum atomic E-state index is -1.05. The molecule has 6 nitrogen and oxygen atoms in total. The van der Waals surface area contributed by atoms with Crippen molar-refractivity contribution in [2.45, 2.75) is 139 Å². The molecule has 6 heteroatoms. The molecule has 4 atom stereocenters. The molecule has 2 aliphatic heterocycles. The SMILES string of the molecule is C=CCN1CCC23c4c5ccc(OC(=O)CCCCCCCCCCCCCC)c4OC2C(=O)CC[C@@]3(O)C1C5. The van der Waals surface area contributed by atoms with Gasteiger partial charge in [-0.15, -0.1) is 6.58 Å². The topological polar surface area (TPSA) is 76.1 Å². The molecule has 40 heavy (non-hydrogen) atoms. The van der Waals surface area contributed by atoms with Gasteiger partial charge in [-0.1, -0.05) is 89.7 Å². The van der Waals surface area contributed by atoms with E-state index in [0.29, 0.717) is 50.1 Å². The molecular formula is C34H49NO5. The van der Waals surface area contributed by atoms with E-state index < -0.39 is 17.1 Å². The van der Waals surface area contributed by atoms with E-state index in [2.05, 4.69) is 18.4 Å². The van der Waals surface area contributed by atoms with Crippen LogP contribution in [-0.4, -0.2) is 52.6 Å². The summed E-state index contributed by atoms with van der Waals surface area (Å²) in [5.74, 6) is 0.692. The predicted molar refractivity (Wildman–Crippen MR) is 157 cm³/mol. The number of hydrogen-bond acceptors (Lipinski definition) is 6. The number of nitrogens with zero attached hydrogens (tertiary/aromatic N) is 1. The fraction of sp³-hybridized carbons (Fsp3) is 0.706. The zero-order valence-electron chi connectivity index (χ0n) is 24.6. The van der Waals surface area contributed by atoms with Gasteiger partial charge in [0.15, 0.2) is 23.4 Å². The summed E-state index contributed by atoms with van der Waals surface area (Å²) in [4.78, 5) is 28.3. The van der Waals surface area contributed by atoms with Crippen LogP contribution in [0.15, 0.2) is 24.8 Å². The number of benzene rings is 1. The molecule has 2 bridgehead atoms. The minimum absolute atomic E-state index is 0.0402. The monoisotopic (exact) mass is 551 g/mol. The third-order valence-electron chi connectivity index (χ3n) is 10.2. The Labute approximate surface area is 240 Å². The number of carbonyl (C=O) groups excluding carboxylic acids is 2. The van der Waals surface area contributed by atoms with Gasteiger partial charge in [0.25, 0.3) is 0 Å². The molecule has 2 aliphatic carbocycles. The molecule has 1 saturated heterocycles. The highest BCUT2D eigenvalue weighted by Gasteiger charge is 2.73. The second kappa shape index (κ2) is 12.8. The van der Waals surface area contributed by atoms with E-state index in [0.717, 1.165) is 36.9 Å². The van der Waals surface area contributed by atoms with E-state index in [9.17, 15) is 14.7 Å². The van der Waals surface area contributed by atoms with E-state index in [1.807, 2.05) is 18.2 Å². The van der Waals surface area contributed by atoms with Crippen LogP contribution in [0.4, 0.5) is 0 Å². The lowest BCUT2D eigenvalue weighted by Crippen LogP contribution is -2.76. The summed E-state index contributed by atoms with van der Waals surface area (Å²) in [7, 11) is 0. The first-order valence-corrected chi connectivity index (χ1v) is 16.1. The molecule has 3 unspecified atom stereocenters. The van der Waals surface area contributed by atoms with Gasteiger partial charge >= 0.3 is 5.97 Å². The summed E-state index contributed by atoms with van der Waals surface area (Å²) in [6, 6.07) is 3.75. The van der Waals surface area contributed by atoms with Gasteiger partial charge in [0.2, 0.25) is 0 Å². The molecule has 1 saturated carbocycles. The van der Waals surface area contributed by atoms with Gasteiger partial charge in [-0.2, -0.15) is 0 Å². The molecule has 0 amide bonds. The number of Topliss-reactive ketones (excluding diaryl/α,β-unsaturated/α-hetero) is 1. The van der Waals surface area contributed by atoms with Crippen LogP contribution in [0.1, 0.15) is 121 Å². The lowest BCUT2D eigenvalue weighted by Gasteiger charge is -2.62. The van der Waals surface area contributed by atoms with Gasteiger partial charge < -0.3 is 14.6 Å². The molecule has 1 N–H and O–H groups in total. The summed E-state index contributed by atoms with van der Waals surface area (Å²) in [6.45, 7) is 7.65. The highest BCUT2D eigenvalue weighted by molar-refractivity contribution is 5.90. The smallest absolute Gasteiger partial charge is 0.311 e. The molecule has 1 aromatic rings. The standard InChI is InChI=1S/C34H49NO5/c1-3-5-6-7-8-9-10-11-12-13-14-15-16-29(37)39-27-18-17-25-24-28-34(38)20-19-26(36)32-33(34,30(25)31(27)40-32)21-23-35(28)22-4-2/h4,17-18,28,32,38H,2-3,5-16,19-24H2,1H3/t28?,32?,33?,34-/m1/s1. The molecular weight excluding hydrogens is 502 g/mol. The number of piperidine rings is 1. The highest BCUT2D eigenvalue weighted by Crippen LogP contribution is 2.64. The highest BCUT2D eigenvalue weighted by atomic mass is 16.6. The number of unbranched alkanes of at least 4 members (excludes halogenated alkanes) is 11. The van der Waals surface area contributed by atoms with E-state index in [-0.39, 0.29) is 17.8 Å². The molecule has 2 fully saturated rings. The average Bonchev–Trinajstić information content (AvgIpc) is 3.30. The first-order chi connectivity index (χ1) is 19.5. The number of hydrogen-bond donors (Lipinski definition) is 1. The Morgan fingerprint density at radius 2 is 1.75 bits per heavy atom. The van der Waals surface area contributed by atoms with Crippen LogP contribution >= 0.6 is 0 Å². The quantitative estimate of drug-likeness (QED) is 0.108. The van der Waals surface area contributed by atoms with Gasteiger partial charge in [-0.3, -0.25) is 14.5 Å². The maximum atomic E-state index is 13.2. The summed E-state index contributed by atoms with van der Waals surface area (Å²) in [5.41, 5.74) is 0.184. The van der Waals surface area contributed by atoms with Crippen LogP contribution < -0.4 is 9.47 Å². The van der Waals surface area contributed by atoms with Crippen molar-refractivity contribution in [3.05, 3.63) is 35.9 Å². The first-order valence-electron chi connectivity index (χ1n) is 16.1. The Balaban J connectivity index is 1.16. The van der Waals surface area contributed by atoms with Crippen molar-refractivity contribution >= 4 is 11.8 Å². The number of likely N-dealkylation sites (tertiary alicyclic amines) is 1. The van der Waals surface area contributed by atoms with Crippen molar-refractivity contribution in [3.63, 3.8) is 0 Å². The van der Waals surface area contributed by atoms with Crippen LogP contribution in [0.25, 0.3) is 0 Å². The Morgan fingerprint density at radius 1 is 1.07 bits per heavy atom. The molecule has 220 valence electrons. The van der Waals surface area contributed by atoms with Crippen molar-refractivity contribution in [2.75, 3.05) is 13.1 Å². The molecule has 0 aromatic heterocycles. The molecule has 1 aromatic carbocycles. The van der Waals surface area contributed by atoms with Crippen LogP contribution in [0.2, 0.25) is 0 Å². The lowest BCUT2D eigenvalue weighted by molar-refractivity contribution is -0.187. The van der Waals surface area contributed by atoms with Crippen molar-refractivity contribution in [1.29, 1.82) is 0 Å². The molecule has 0 radical (unpaired) electrons. The molecule has 1 spiro atoms. The van der Waals surface area contributed by atoms with Crippen molar-refractivity contribution in [3.8, 4) is 11.5 Å². The first kappa shape index (κ1) is 29.3. The number of esters is 1. The van der Waals surface area contributed by atoms with Gasteiger partial charge in [0, 0.05) is 37.5 Å². The van der Waals surface area contributed by atoms with Gasteiger partial charge in [-0.25, -0.2) is 0 Å². The summed E-state index contributed by atoms with van der Waals surface area (Å²) >= 11 is 0. The second-order valence-corrected chi connectivity index (χ2v) is 12.7. The lowest BCUT2D eigenvalue weighted by atomic mass is 9.49. The normalized spacial score (nSPS) is 28.2. The summed E-state index contributed by atoms with van der Waals surface area (Å²) in [5, 5.41) is 12.3. The Kier molecular flexibility index (Phi) is 9.36. The number of ether oxygens (including phenoxy) is 2. The minimum Gasteiger partial charge on any atom is -0.477 e. The van der Waals surface area contributed by atoms with Crippen molar-refractivity contribution in [1.82, 2.24) is 4.90 Å². The van der Waals surface area contributed by atoms with Crippen molar-refractivity contribution < 1.29 is 24.2 Å². The Bertz CT molecular complexity index is 1080. The van der Waals surface area contributed by atoms with Crippen LogP contribution in [-0.2, 0) is 21.4 Å². The van der Waals surface area contributed by atoms with Crippen molar-refractivity contribution in [2.24, 2.45) is 0 Å². The van der Waals surface area contributed by atoms with Crippen LogP contribution in [0.3, 0.4) is 0 Å². The summed E-state index contributed by atoms with van der Waals surface area (Å²) < 4.78 is 12.2. The molecule has 2 heterocycles. The fourth-order valence-corrected chi connectivity index (χ4v) is 8.15. The van der Waals surface area contributed by atoms with Crippen LogP contribution in [0, 0.1) is 0 Å². The average molecular weight is 552 g/mol. The third-order valence-corrected chi connectivity index (χ3v) is 10.2. The number of aliphatic hydroxyl groups is 1. The largest absolute Gasteiger partial charge is 0.477 e. The second-order valence-electron chi connectivity index (χ2n) is 12.7. The van der Waals surface area contributed by atoms with Gasteiger partial charge in [0.05, 0.1) is 11.0 Å². The Hall–Kier alpha value is -2.18. The number of rotatable bonds is 16. The van der Waals surface area contributed by atoms with Crippen LogP contribution in [0.5, 0.6) is 11.5 Å². The zero-order chi connectivity index (χ0) is 28.2. The zero-order valence-corrected chi connectivity index (χ0v) is 24.6. The predicted octanol–water partition coefficient (Wildman–Crippen LogP) is 6.59. The Morgan fingerprint density at radius 3 is 2.42 bits per heavy atom. The van der Waals surface area contributed by atoms with Gasteiger partial charge in [0.1, 0.15) is 0 Å². The third kappa shape index (κ3) is 5.27. The van der Waals surface area contributed by atoms with E-state index in [4.69, 9.17) is 9.47 Å². The van der Waals surface area contributed by atoms with Gasteiger partial charge in [-0.05, 0) is 37.3 Å². The van der Waals surface area contributed by atoms with E-state index >= 15 is 0 Å². The molecule has 4 aliphatic rings. The summed E-state index contributed by atoms with van der Waals surface area (Å²) in [6.07, 6.45) is 18.6. The molecule has 5 rings (SSSR count). The number of carbonyl (C=O) groups is 2. The fourth-order valence-electron chi connectivity index (χ4n) is 8.15. The number of ketones is 1. The van der Waals surface area contributed by atoms with E-state index in [1.54, 1.807) is 0 Å². The maximum absolute atomic E-state index is 13.2. The maximum Gasteiger partial charge on any atom is 0.311 e. The van der Waals surface area contributed by atoms with E-state index in [1.165, 1.54) is 57.8 Å².